The van der Waals surface area contributed by atoms with Gasteiger partial charge in [-0.25, -0.2) is 8.42 Å². The highest BCUT2D eigenvalue weighted by molar-refractivity contribution is 7.92. The SMILES string of the molecule is CCS(=O)(=O)Nc1cc(OC)c(Cl)cc1OC. The maximum atomic E-state index is 11.5. The highest BCUT2D eigenvalue weighted by Crippen LogP contribution is 2.36. The molecule has 0 spiro atoms. The zero-order valence-corrected chi connectivity index (χ0v) is 11.4. The Labute approximate surface area is 106 Å². The lowest BCUT2D eigenvalue weighted by atomic mass is 10.3. The quantitative estimate of drug-likeness (QED) is 0.897. The number of nitrogens with one attached hydrogen (secondary N) is 1. The number of sulfonamides is 1. The van der Waals surface area contributed by atoms with Crippen LogP contribution in [-0.2, 0) is 10.0 Å². The monoisotopic (exact) mass is 279 g/mol. The highest BCUT2D eigenvalue weighted by Gasteiger charge is 2.14. The van der Waals surface area contributed by atoms with E-state index >= 15 is 0 Å². The molecule has 0 saturated carbocycles. The van der Waals surface area contributed by atoms with E-state index in [2.05, 4.69) is 4.72 Å². The molecule has 0 aromatic heterocycles. The molecule has 0 aliphatic rings. The van der Waals surface area contributed by atoms with Crippen molar-refractivity contribution in [3.05, 3.63) is 17.2 Å². The van der Waals surface area contributed by atoms with E-state index in [-0.39, 0.29) is 5.75 Å². The molecule has 0 amide bonds. The number of ether oxygens (including phenoxy) is 2. The minimum Gasteiger partial charge on any atom is -0.495 e. The molecule has 1 aromatic rings. The van der Waals surface area contributed by atoms with Gasteiger partial charge < -0.3 is 9.47 Å². The normalized spacial score (nSPS) is 11.1. The van der Waals surface area contributed by atoms with E-state index < -0.39 is 10.0 Å². The predicted molar refractivity (Wildman–Crippen MR) is 67.6 cm³/mol. The van der Waals surface area contributed by atoms with E-state index in [1.807, 2.05) is 0 Å². The summed E-state index contributed by atoms with van der Waals surface area (Å²) in [6.07, 6.45) is 0. The summed E-state index contributed by atoms with van der Waals surface area (Å²) in [5.41, 5.74) is 0.301. The Bertz CT molecular complexity index is 501. The molecule has 0 unspecified atom stereocenters. The number of halogens is 1. The molecule has 0 saturated heterocycles. The molecule has 0 heterocycles. The van der Waals surface area contributed by atoms with Crippen LogP contribution in [0.4, 0.5) is 5.69 Å². The van der Waals surface area contributed by atoms with E-state index in [0.29, 0.717) is 22.2 Å². The van der Waals surface area contributed by atoms with Gasteiger partial charge in [-0.3, -0.25) is 4.72 Å². The minimum atomic E-state index is -3.37. The van der Waals surface area contributed by atoms with Gasteiger partial charge in [0.2, 0.25) is 10.0 Å². The summed E-state index contributed by atoms with van der Waals surface area (Å²) in [4.78, 5) is 0. The molecule has 1 N–H and O–H groups in total. The Morgan fingerprint density at radius 3 is 2.29 bits per heavy atom. The van der Waals surface area contributed by atoms with Crippen LogP contribution in [0.15, 0.2) is 12.1 Å². The molecule has 0 fully saturated rings. The molecular formula is C10H14ClNO4S. The fourth-order valence-corrected chi connectivity index (χ4v) is 2.05. The van der Waals surface area contributed by atoms with Gasteiger partial charge in [0.15, 0.2) is 0 Å². The van der Waals surface area contributed by atoms with Crippen molar-refractivity contribution >= 4 is 27.3 Å². The molecule has 0 atom stereocenters. The standard InChI is InChI=1S/C10H14ClNO4S/c1-4-17(13,14)12-8-6-9(15-2)7(11)5-10(8)16-3/h5-6,12H,4H2,1-3H3. The van der Waals surface area contributed by atoms with E-state index in [9.17, 15) is 8.42 Å². The molecule has 1 rings (SSSR count). The highest BCUT2D eigenvalue weighted by atomic mass is 35.5. The van der Waals surface area contributed by atoms with E-state index in [1.54, 1.807) is 6.92 Å². The Morgan fingerprint density at radius 2 is 1.82 bits per heavy atom. The maximum absolute atomic E-state index is 11.5. The second-order valence-electron chi connectivity index (χ2n) is 3.19. The molecule has 0 aliphatic heterocycles. The Kier molecular flexibility index (Phi) is 4.47. The summed E-state index contributed by atoms with van der Waals surface area (Å²) in [6.45, 7) is 1.54. The van der Waals surface area contributed by atoms with Crippen molar-refractivity contribution in [2.45, 2.75) is 6.92 Å². The van der Waals surface area contributed by atoms with E-state index in [1.165, 1.54) is 26.4 Å². The Morgan fingerprint density at radius 1 is 1.24 bits per heavy atom. The van der Waals surface area contributed by atoms with Crippen LogP contribution in [0, 0.1) is 0 Å². The number of benzene rings is 1. The van der Waals surface area contributed by atoms with Crippen LogP contribution >= 0.6 is 11.6 Å². The smallest absolute Gasteiger partial charge is 0.232 e. The van der Waals surface area contributed by atoms with Crippen molar-refractivity contribution < 1.29 is 17.9 Å². The molecule has 1 aromatic carbocycles. The Balaban J connectivity index is 3.22. The zero-order chi connectivity index (χ0) is 13.1. The average molecular weight is 280 g/mol. The summed E-state index contributed by atoms with van der Waals surface area (Å²) in [6, 6.07) is 2.97. The zero-order valence-electron chi connectivity index (χ0n) is 9.78. The number of hydrogen-bond acceptors (Lipinski definition) is 4. The van der Waals surface area contributed by atoms with Crippen molar-refractivity contribution in [3.63, 3.8) is 0 Å². The fourth-order valence-electron chi connectivity index (χ4n) is 1.18. The van der Waals surface area contributed by atoms with Gasteiger partial charge in [0.25, 0.3) is 0 Å². The van der Waals surface area contributed by atoms with E-state index in [4.69, 9.17) is 21.1 Å². The number of hydrogen-bond donors (Lipinski definition) is 1. The van der Waals surface area contributed by atoms with Crippen LogP contribution in [-0.4, -0.2) is 28.4 Å². The van der Waals surface area contributed by atoms with Gasteiger partial charge in [-0.2, -0.15) is 0 Å². The molecule has 0 bridgehead atoms. The summed E-state index contributed by atoms with van der Waals surface area (Å²) in [7, 11) is -0.489. The van der Waals surface area contributed by atoms with Gasteiger partial charge in [0.05, 0.1) is 30.7 Å². The topological polar surface area (TPSA) is 64.6 Å². The molecule has 17 heavy (non-hydrogen) atoms. The number of methoxy groups -OCH3 is 2. The second-order valence-corrected chi connectivity index (χ2v) is 5.61. The van der Waals surface area contributed by atoms with Gasteiger partial charge in [-0.15, -0.1) is 0 Å². The summed E-state index contributed by atoms with van der Waals surface area (Å²) >= 11 is 5.90. The third kappa shape index (κ3) is 3.41. The lowest BCUT2D eigenvalue weighted by Crippen LogP contribution is -2.15. The van der Waals surface area contributed by atoms with Crippen LogP contribution in [0.2, 0.25) is 5.02 Å². The maximum Gasteiger partial charge on any atom is 0.232 e. The van der Waals surface area contributed by atoms with Crippen LogP contribution in [0.5, 0.6) is 11.5 Å². The van der Waals surface area contributed by atoms with Crippen LogP contribution in [0.25, 0.3) is 0 Å². The van der Waals surface area contributed by atoms with E-state index in [0.717, 1.165) is 0 Å². The molecule has 0 radical (unpaired) electrons. The summed E-state index contributed by atoms with van der Waals surface area (Å²) in [5, 5.41) is 0.351. The first kappa shape index (κ1) is 13.9. The van der Waals surface area contributed by atoms with Crippen molar-refractivity contribution in [1.82, 2.24) is 0 Å². The lowest BCUT2D eigenvalue weighted by molar-refractivity contribution is 0.405. The third-order valence-corrected chi connectivity index (χ3v) is 3.71. The van der Waals surface area contributed by atoms with Crippen LogP contribution in [0.1, 0.15) is 6.92 Å². The molecule has 96 valence electrons. The second kappa shape index (κ2) is 5.46. The third-order valence-electron chi connectivity index (χ3n) is 2.12. The first-order valence-corrected chi connectivity index (χ1v) is 6.88. The van der Waals surface area contributed by atoms with Crippen molar-refractivity contribution in [2.24, 2.45) is 0 Å². The van der Waals surface area contributed by atoms with Gasteiger partial charge in [-0.05, 0) is 6.92 Å². The van der Waals surface area contributed by atoms with Crippen molar-refractivity contribution in [3.8, 4) is 11.5 Å². The lowest BCUT2D eigenvalue weighted by Gasteiger charge is -2.13. The van der Waals surface area contributed by atoms with Gasteiger partial charge in [-0.1, -0.05) is 11.6 Å². The molecule has 0 aliphatic carbocycles. The van der Waals surface area contributed by atoms with Crippen LogP contribution in [0.3, 0.4) is 0 Å². The van der Waals surface area contributed by atoms with Crippen LogP contribution < -0.4 is 14.2 Å². The summed E-state index contributed by atoms with van der Waals surface area (Å²) < 4.78 is 35.4. The van der Waals surface area contributed by atoms with Gasteiger partial charge in [0.1, 0.15) is 11.5 Å². The Hall–Kier alpha value is -1.14. The first-order chi connectivity index (χ1) is 7.93. The number of rotatable bonds is 5. The minimum absolute atomic E-state index is 0.0267. The molecule has 7 heteroatoms. The fraction of sp³-hybridized carbons (Fsp3) is 0.400. The predicted octanol–water partition coefficient (Wildman–Crippen LogP) is 2.12. The summed E-state index contributed by atoms with van der Waals surface area (Å²) in [5.74, 6) is 0.690. The average Bonchev–Trinajstić information content (AvgIpc) is 2.30. The first-order valence-electron chi connectivity index (χ1n) is 4.85. The van der Waals surface area contributed by atoms with Gasteiger partial charge >= 0.3 is 0 Å². The largest absolute Gasteiger partial charge is 0.495 e. The molecular weight excluding hydrogens is 266 g/mol. The molecule has 5 nitrogen and oxygen atoms in total. The van der Waals surface area contributed by atoms with Crippen molar-refractivity contribution in [1.29, 1.82) is 0 Å². The number of anilines is 1. The van der Waals surface area contributed by atoms with Crippen molar-refractivity contribution in [2.75, 3.05) is 24.7 Å². The van der Waals surface area contributed by atoms with Gasteiger partial charge in [0, 0.05) is 12.1 Å².